The van der Waals surface area contributed by atoms with Gasteiger partial charge in [-0.3, -0.25) is 5.32 Å². The maximum Gasteiger partial charge on any atom is 0.412 e. The minimum Gasteiger partial charge on any atom is -0.444 e. The highest BCUT2D eigenvalue weighted by Gasteiger charge is 2.18. The van der Waals surface area contributed by atoms with E-state index in [2.05, 4.69) is 11.4 Å². The molecule has 0 aliphatic rings. The van der Waals surface area contributed by atoms with E-state index < -0.39 is 6.09 Å². The Kier molecular flexibility index (Phi) is 5.79. The number of hydrogen-bond acceptors (Lipinski definition) is 4. The zero-order valence-corrected chi connectivity index (χ0v) is 15.7. The largest absolute Gasteiger partial charge is 0.444 e. The molecule has 3 aromatic rings. The van der Waals surface area contributed by atoms with Crippen LogP contribution in [0.2, 0.25) is 10.0 Å². The molecule has 0 saturated carbocycles. The number of anilines is 1. The molecule has 130 valence electrons. The minimum atomic E-state index is -0.629. The van der Waals surface area contributed by atoms with Crippen LogP contribution in [0.4, 0.5) is 9.80 Å². The van der Waals surface area contributed by atoms with Gasteiger partial charge in [-0.1, -0.05) is 53.5 Å². The lowest BCUT2D eigenvalue weighted by Gasteiger charge is -2.07. The van der Waals surface area contributed by atoms with Crippen LogP contribution in [-0.2, 0) is 11.3 Å². The highest BCUT2D eigenvalue weighted by Crippen LogP contribution is 2.39. The van der Waals surface area contributed by atoms with Gasteiger partial charge in [0.2, 0.25) is 0 Å². The molecule has 0 aliphatic heterocycles. The molecule has 0 saturated heterocycles. The number of nitriles is 1. The fourth-order valence-electron chi connectivity index (χ4n) is 2.31. The van der Waals surface area contributed by atoms with E-state index in [0.29, 0.717) is 31.7 Å². The van der Waals surface area contributed by atoms with Crippen LogP contribution < -0.4 is 5.32 Å². The second kappa shape index (κ2) is 8.24. The SMILES string of the molecule is N#Cc1c(-c2cc(Cl)ccc2Cl)csc1NC(=O)OCc1ccccc1. The third-order valence-corrected chi connectivity index (χ3v) is 5.01. The second-order valence-electron chi connectivity index (χ2n) is 5.28. The Morgan fingerprint density at radius 1 is 1.15 bits per heavy atom. The van der Waals surface area contributed by atoms with Crippen LogP contribution in [-0.4, -0.2) is 6.09 Å². The van der Waals surface area contributed by atoms with Crippen LogP contribution >= 0.6 is 34.5 Å². The Morgan fingerprint density at radius 2 is 1.92 bits per heavy atom. The van der Waals surface area contributed by atoms with Gasteiger partial charge in [-0.25, -0.2) is 4.79 Å². The van der Waals surface area contributed by atoms with Crippen molar-refractivity contribution in [2.75, 3.05) is 5.32 Å². The van der Waals surface area contributed by atoms with Crippen LogP contribution in [0.5, 0.6) is 0 Å². The Morgan fingerprint density at radius 3 is 2.65 bits per heavy atom. The lowest BCUT2D eigenvalue weighted by atomic mass is 10.0. The van der Waals surface area contributed by atoms with Gasteiger partial charge in [0.1, 0.15) is 17.7 Å². The third kappa shape index (κ3) is 4.17. The van der Waals surface area contributed by atoms with Crippen LogP contribution in [0, 0.1) is 11.3 Å². The molecule has 1 aromatic heterocycles. The second-order valence-corrected chi connectivity index (χ2v) is 7.00. The molecule has 0 aliphatic carbocycles. The fraction of sp³-hybridized carbons (Fsp3) is 0.0526. The van der Waals surface area contributed by atoms with Crippen LogP contribution in [0.25, 0.3) is 11.1 Å². The number of carbonyl (C=O) groups is 1. The summed E-state index contributed by atoms with van der Waals surface area (Å²) in [5.41, 5.74) is 2.44. The number of hydrogen-bond donors (Lipinski definition) is 1. The highest BCUT2D eigenvalue weighted by molar-refractivity contribution is 7.15. The van der Waals surface area contributed by atoms with Crippen molar-refractivity contribution in [2.45, 2.75) is 6.61 Å². The summed E-state index contributed by atoms with van der Waals surface area (Å²) in [6, 6.07) is 16.5. The van der Waals surface area contributed by atoms with E-state index in [9.17, 15) is 10.1 Å². The van der Waals surface area contributed by atoms with Crippen molar-refractivity contribution in [3.8, 4) is 17.2 Å². The smallest absolute Gasteiger partial charge is 0.412 e. The van der Waals surface area contributed by atoms with Crippen molar-refractivity contribution >= 4 is 45.6 Å². The average Bonchev–Trinajstić information content (AvgIpc) is 3.05. The van der Waals surface area contributed by atoms with Gasteiger partial charge in [0.15, 0.2) is 0 Å². The molecular formula is C19H12Cl2N2O2S. The summed E-state index contributed by atoms with van der Waals surface area (Å²) in [7, 11) is 0. The van der Waals surface area contributed by atoms with Gasteiger partial charge in [0.25, 0.3) is 0 Å². The molecule has 0 bridgehead atoms. The van der Waals surface area contributed by atoms with Crippen LogP contribution in [0.1, 0.15) is 11.1 Å². The molecule has 0 fully saturated rings. The van der Waals surface area contributed by atoms with Gasteiger partial charge in [0, 0.05) is 26.6 Å². The molecule has 7 heteroatoms. The molecule has 1 heterocycles. The van der Waals surface area contributed by atoms with E-state index in [1.807, 2.05) is 30.3 Å². The number of thiophene rings is 1. The molecule has 2 aromatic carbocycles. The lowest BCUT2D eigenvalue weighted by Crippen LogP contribution is -2.13. The Hall–Kier alpha value is -2.52. The Balaban J connectivity index is 1.77. The fourth-order valence-corrected chi connectivity index (χ4v) is 3.60. The molecule has 0 atom stereocenters. The molecule has 1 amide bonds. The van der Waals surface area contributed by atoms with E-state index in [-0.39, 0.29) is 6.61 Å². The van der Waals surface area contributed by atoms with Gasteiger partial charge >= 0.3 is 6.09 Å². The molecule has 3 rings (SSSR count). The first-order chi connectivity index (χ1) is 12.6. The third-order valence-electron chi connectivity index (χ3n) is 3.55. The predicted molar refractivity (Wildman–Crippen MR) is 105 cm³/mol. The van der Waals surface area contributed by atoms with Gasteiger partial charge in [-0.15, -0.1) is 11.3 Å². The van der Waals surface area contributed by atoms with Crippen molar-refractivity contribution in [2.24, 2.45) is 0 Å². The summed E-state index contributed by atoms with van der Waals surface area (Å²) in [6.45, 7) is 0.146. The zero-order valence-electron chi connectivity index (χ0n) is 13.3. The highest BCUT2D eigenvalue weighted by atomic mass is 35.5. The summed E-state index contributed by atoms with van der Waals surface area (Å²) in [5, 5.41) is 15.3. The molecule has 0 radical (unpaired) electrons. The maximum absolute atomic E-state index is 12.0. The summed E-state index contributed by atoms with van der Waals surface area (Å²) in [5.74, 6) is 0. The summed E-state index contributed by atoms with van der Waals surface area (Å²) >= 11 is 13.5. The number of nitrogens with one attached hydrogen (secondary N) is 1. The maximum atomic E-state index is 12.0. The topological polar surface area (TPSA) is 62.1 Å². The Bertz CT molecular complexity index is 981. The van der Waals surface area contributed by atoms with Crippen molar-refractivity contribution in [3.63, 3.8) is 0 Å². The number of nitrogens with zero attached hydrogens (tertiary/aromatic N) is 1. The molecule has 0 spiro atoms. The Labute approximate surface area is 164 Å². The van der Waals surface area contributed by atoms with Gasteiger partial charge < -0.3 is 4.74 Å². The van der Waals surface area contributed by atoms with Gasteiger partial charge in [-0.2, -0.15) is 5.26 Å². The number of rotatable bonds is 4. The number of ether oxygens (including phenoxy) is 1. The lowest BCUT2D eigenvalue weighted by molar-refractivity contribution is 0.155. The van der Waals surface area contributed by atoms with Crippen molar-refractivity contribution in [1.29, 1.82) is 5.26 Å². The van der Waals surface area contributed by atoms with Crippen molar-refractivity contribution in [1.82, 2.24) is 0 Å². The first-order valence-electron chi connectivity index (χ1n) is 7.53. The van der Waals surface area contributed by atoms with Crippen LogP contribution in [0.15, 0.2) is 53.9 Å². The molecule has 1 N–H and O–H groups in total. The quantitative estimate of drug-likeness (QED) is 0.553. The normalized spacial score (nSPS) is 10.2. The van der Waals surface area contributed by atoms with E-state index in [1.165, 1.54) is 11.3 Å². The molecular weight excluding hydrogens is 391 g/mol. The average molecular weight is 403 g/mol. The number of benzene rings is 2. The number of amides is 1. The number of halogens is 2. The number of carbonyl (C=O) groups excluding carboxylic acids is 1. The summed E-state index contributed by atoms with van der Waals surface area (Å²) < 4.78 is 5.19. The van der Waals surface area contributed by atoms with Gasteiger partial charge in [-0.05, 0) is 23.8 Å². The minimum absolute atomic E-state index is 0.146. The first-order valence-corrected chi connectivity index (χ1v) is 9.16. The molecule has 26 heavy (non-hydrogen) atoms. The van der Waals surface area contributed by atoms with E-state index >= 15 is 0 Å². The summed E-state index contributed by atoms with van der Waals surface area (Å²) in [6.07, 6.45) is -0.629. The standard InChI is InChI=1S/C19H12Cl2N2O2S/c20-13-6-7-17(21)14(8-13)16-11-26-18(15(16)9-22)23-19(24)25-10-12-4-2-1-3-5-12/h1-8,11H,10H2,(H,23,24). The molecule has 0 unspecified atom stereocenters. The zero-order chi connectivity index (χ0) is 18.5. The molecule has 4 nitrogen and oxygen atoms in total. The van der Waals surface area contributed by atoms with E-state index in [1.54, 1.807) is 23.6 Å². The van der Waals surface area contributed by atoms with E-state index in [0.717, 1.165) is 5.56 Å². The monoisotopic (exact) mass is 402 g/mol. The van der Waals surface area contributed by atoms with E-state index in [4.69, 9.17) is 27.9 Å². The first kappa shape index (κ1) is 18.3. The predicted octanol–water partition coefficient (Wildman–Crippen LogP) is 6.34. The summed E-state index contributed by atoms with van der Waals surface area (Å²) in [4.78, 5) is 12.0. The van der Waals surface area contributed by atoms with Crippen molar-refractivity contribution in [3.05, 3.63) is 75.1 Å². The van der Waals surface area contributed by atoms with Crippen molar-refractivity contribution < 1.29 is 9.53 Å². The van der Waals surface area contributed by atoms with Gasteiger partial charge in [0.05, 0.1) is 5.56 Å². The van der Waals surface area contributed by atoms with Crippen LogP contribution in [0.3, 0.4) is 0 Å².